The lowest BCUT2D eigenvalue weighted by molar-refractivity contribution is -0.161. The summed E-state index contributed by atoms with van der Waals surface area (Å²) in [6, 6.07) is 7.16. The number of furan rings is 1. The van der Waals surface area contributed by atoms with Crippen molar-refractivity contribution in [2.45, 2.75) is 32.1 Å². The molecule has 1 aliphatic heterocycles. The molecule has 8 heteroatoms. The maximum absolute atomic E-state index is 12.5. The summed E-state index contributed by atoms with van der Waals surface area (Å²) in [7, 11) is 0. The van der Waals surface area contributed by atoms with Crippen LogP contribution in [0.4, 0.5) is 0 Å². The summed E-state index contributed by atoms with van der Waals surface area (Å²) in [5.41, 5.74) is 0.578. The SMILES string of the molecule is CC1CC(OC(=O)Cn2cnc3c(oc4ccccc43)c2=O)C(=O)O1. The number of carbonyl (C=O) groups excluding carboxylic acids is 2. The average molecular weight is 342 g/mol. The van der Waals surface area contributed by atoms with Crippen molar-refractivity contribution in [3.8, 4) is 0 Å². The molecule has 2 atom stereocenters. The zero-order chi connectivity index (χ0) is 17.6. The standard InChI is InChI=1S/C17H14N2O6/c1-9-6-12(17(22)23-9)24-13(20)7-19-8-18-14-10-4-2-3-5-11(10)25-15(14)16(19)21/h2-5,8-9,12H,6-7H2,1H3. The van der Waals surface area contributed by atoms with Gasteiger partial charge in [0.15, 0.2) is 0 Å². The molecule has 3 aromatic rings. The molecular weight excluding hydrogens is 328 g/mol. The summed E-state index contributed by atoms with van der Waals surface area (Å²) in [5.74, 6) is -1.28. The number of hydrogen-bond donors (Lipinski definition) is 0. The normalized spacial score (nSPS) is 20.1. The fraction of sp³-hybridized carbons (Fsp3) is 0.294. The molecule has 0 radical (unpaired) electrons. The van der Waals surface area contributed by atoms with Crippen LogP contribution in [0.5, 0.6) is 0 Å². The molecule has 0 N–H and O–H groups in total. The Bertz CT molecular complexity index is 1050. The minimum absolute atomic E-state index is 0.0744. The first kappa shape index (κ1) is 15.4. The van der Waals surface area contributed by atoms with Crippen molar-refractivity contribution in [3.63, 3.8) is 0 Å². The summed E-state index contributed by atoms with van der Waals surface area (Å²) in [4.78, 5) is 40.3. The first-order valence-corrected chi connectivity index (χ1v) is 7.79. The molecule has 0 saturated carbocycles. The van der Waals surface area contributed by atoms with E-state index in [9.17, 15) is 14.4 Å². The first-order chi connectivity index (χ1) is 12.0. The molecule has 3 heterocycles. The van der Waals surface area contributed by atoms with Crippen LogP contribution in [-0.2, 0) is 25.6 Å². The van der Waals surface area contributed by atoms with E-state index < -0.39 is 23.6 Å². The van der Waals surface area contributed by atoms with Crippen molar-refractivity contribution >= 4 is 34.0 Å². The van der Waals surface area contributed by atoms with Crippen LogP contribution >= 0.6 is 0 Å². The zero-order valence-electron chi connectivity index (χ0n) is 13.3. The fourth-order valence-corrected chi connectivity index (χ4v) is 2.88. The van der Waals surface area contributed by atoms with Crippen molar-refractivity contribution in [2.75, 3.05) is 0 Å². The van der Waals surface area contributed by atoms with Gasteiger partial charge in [-0.05, 0) is 19.1 Å². The third kappa shape index (κ3) is 2.65. The molecule has 1 fully saturated rings. The number of hydrogen-bond acceptors (Lipinski definition) is 7. The van der Waals surface area contributed by atoms with E-state index in [0.717, 1.165) is 9.95 Å². The largest absolute Gasteiger partial charge is 0.460 e. The van der Waals surface area contributed by atoms with Crippen LogP contribution in [0.1, 0.15) is 13.3 Å². The van der Waals surface area contributed by atoms with Gasteiger partial charge < -0.3 is 13.9 Å². The van der Waals surface area contributed by atoms with E-state index in [1.807, 2.05) is 6.07 Å². The number of para-hydroxylation sites is 1. The Labute approximate surface area is 140 Å². The maximum Gasteiger partial charge on any atom is 0.347 e. The number of cyclic esters (lactones) is 1. The molecule has 8 nitrogen and oxygen atoms in total. The molecule has 1 aliphatic rings. The third-order valence-corrected chi connectivity index (χ3v) is 4.05. The second kappa shape index (κ2) is 5.73. The predicted octanol–water partition coefficient (Wildman–Crippen LogP) is 1.39. The number of aromatic nitrogens is 2. The highest BCUT2D eigenvalue weighted by atomic mass is 16.6. The lowest BCUT2D eigenvalue weighted by atomic mass is 10.2. The van der Waals surface area contributed by atoms with E-state index in [4.69, 9.17) is 13.9 Å². The van der Waals surface area contributed by atoms with Crippen LogP contribution in [0.15, 0.2) is 39.8 Å². The fourth-order valence-electron chi connectivity index (χ4n) is 2.88. The molecule has 2 aromatic heterocycles. The summed E-state index contributed by atoms with van der Waals surface area (Å²) in [6.45, 7) is 1.35. The molecule has 0 amide bonds. The highest BCUT2D eigenvalue weighted by Crippen LogP contribution is 2.24. The van der Waals surface area contributed by atoms with E-state index in [0.29, 0.717) is 17.5 Å². The topological polar surface area (TPSA) is 101 Å². The van der Waals surface area contributed by atoms with Gasteiger partial charge in [-0.2, -0.15) is 0 Å². The van der Waals surface area contributed by atoms with E-state index in [-0.39, 0.29) is 18.2 Å². The van der Waals surface area contributed by atoms with Gasteiger partial charge in [0.1, 0.15) is 23.7 Å². The van der Waals surface area contributed by atoms with E-state index in [1.165, 1.54) is 6.33 Å². The van der Waals surface area contributed by atoms with Crippen LogP contribution in [0.25, 0.3) is 22.1 Å². The molecule has 0 spiro atoms. The van der Waals surface area contributed by atoms with Gasteiger partial charge in [-0.3, -0.25) is 14.2 Å². The van der Waals surface area contributed by atoms with Crippen LogP contribution < -0.4 is 5.56 Å². The van der Waals surface area contributed by atoms with Gasteiger partial charge in [0.2, 0.25) is 11.7 Å². The van der Waals surface area contributed by atoms with Gasteiger partial charge in [-0.25, -0.2) is 9.78 Å². The Morgan fingerprint density at radius 2 is 2.16 bits per heavy atom. The molecule has 1 saturated heterocycles. The van der Waals surface area contributed by atoms with Crippen molar-refractivity contribution in [1.29, 1.82) is 0 Å². The van der Waals surface area contributed by atoms with Gasteiger partial charge in [0.25, 0.3) is 5.56 Å². The summed E-state index contributed by atoms with van der Waals surface area (Å²) in [6.07, 6.45) is 0.353. The van der Waals surface area contributed by atoms with Gasteiger partial charge in [-0.15, -0.1) is 0 Å². The van der Waals surface area contributed by atoms with E-state index in [2.05, 4.69) is 4.98 Å². The first-order valence-electron chi connectivity index (χ1n) is 7.79. The number of rotatable bonds is 3. The van der Waals surface area contributed by atoms with Crippen molar-refractivity contribution in [3.05, 3.63) is 40.9 Å². The van der Waals surface area contributed by atoms with Crippen LogP contribution in [0, 0.1) is 0 Å². The van der Waals surface area contributed by atoms with Crippen molar-refractivity contribution < 1.29 is 23.5 Å². The molecule has 128 valence electrons. The summed E-state index contributed by atoms with van der Waals surface area (Å²) >= 11 is 0. The lowest BCUT2D eigenvalue weighted by Crippen LogP contribution is -2.29. The number of benzene rings is 1. The number of fused-ring (bicyclic) bond motifs is 3. The molecule has 1 aromatic carbocycles. The minimum atomic E-state index is -0.930. The van der Waals surface area contributed by atoms with Crippen LogP contribution in [0.3, 0.4) is 0 Å². The molecule has 0 aliphatic carbocycles. The second-order valence-corrected chi connectivity index (χ2v) is 5.92. The molecular formula is C17H14N2O6. The number of esters is 2. The predicted molar refractivity (Wildman–Crippen MR) is 85.8 cm³/mol. The van der Waals surface area contributed by atoms with Gasteiger partial charge in [0, 0.05) is 11.8 Å². The number of ether oxygens (including phenoxy) is 2. The maximum atomic E-state index is 12.5. The van der Waals surface area contributed by atoms with Crippen LogP contribution in [0.2, 0.25) is 0 Å². The molecule has 4 rings (SSSR count). The van der Waals surface area contributed by atoms with E-state index >= 15 is 0 Å². The van der Waals surface area contributed by atoms with Crippen LogP contribution in [-0.4, -0.2) is 33.7 Å². The highest BCUT2D eigenvalue weighted by Gasteiger charge is 2.35. The lowest BCUT2D eigenvalue weighted by Gasteiger charge is -2.09. The monoisotopic (exact) mass is 342 g/mol. The second-order valence-electron chi connectivity index (χ2n) is 5.92. The summed E-state index contributed by atoms with van der Waals surface area (Å²) < 4.78 is 16.7. The molecule has 2 unspecified atom stereocenters. The average Bonchev–Trinajstić information content (AvgIpc) is 3.10. The Kier molecular flexibility index (Phi) is 3.52. The third-order valence-electron chi connectivity index (χ3n) is 4.05. The minimum Gasteiger partial charge on any atom is -0.460 e. The van der Waals surface area contributed by atoms with Gasteiger partial charge in [0.05, 0.1) is 6.33 Å². The van der Waals surface area contributed by atoms with Gasteiger partial charge in [-0.1, -0.05) is 12.1 Å². The smallest absolute Gasteiger partial charge is 0.347 e. The number of carbonyl (C=O) groups is 2. The van der Waals surface area contributed by atoms with Gasteiger partial charge >= 0.3 is 11.9 Å². The highest BCUT2D eigenvalue weighted by molar-refractivity contribution is 6.01. The number of nitrogens with zero attached hydrogens (tertiary/aromatic N) is 2. The molecule has 0 bridgehead atoms. The summed E-state index contributed by atoms with van der Waals surface area (Å²) in [5, 5.41) is 0.729. The Balaban J connectivity index is 1.60. The van der Waals surface area contributed by atoms with Crippen molar-refractivity contribution in [1.82, 2.24) is 9.55 Å². The zero-order valence-corrected chi connectivity index (χ0v) is 13.3. The molecule has 25 heavy (non-hydrogen) atoms. The Hall–Kier alpha value is -3.16. The van der Waals surface area contributed by atoms with E-state index in [1.54, 1.807) is 25.1 Å². The quantitative estimate of drug-likeness (QED) is 0.663. The van der Waals surface area contributed by atoms with Crippen molar-refractivity contribution in [2.24, 2.45) is 0 Å². The Morgan fingerprint density at radius 1 is 1.36 bits per heavy atom. The Morgan fingerprint density at radius 3 is 2.92 bits per heavy atom.